The van der Waals surface area contributed by atoms with E-state index in [2.05, 4.69) is 0 Å². The number of rotatable bonds is 3. The molecule has 0 rings (SSSR count). The number of ether oxygens (including phenoxy) is 1. The fourth-order valence-electron chi connectivity index (χ4n) is 1.20. The van der Waals surface area contributed by atoms with Gasteiger partial charge >= 0.3 is 42.3 Å². The van der Waals surface area contributed by atoms with Crippen LogP contribution in [0.4, 0.5) is 70.2 Å². The Bertz CT molecular complexity index is 435. The van der Waals surface area contributed by atoms with Crippen LogP contribution in [0.1, 0.15) is 0 Å². The minimum absolute atomic E-state index is 1.11. The van der Waals surface area contributed by atoms with Crippen LogP contribution < -0.4 is 0 Å². The SMILES string of the molecule is FC(F)(F)OC(F)(C(F)(F)F)C(F)(F)C(F)(C(F)(F)F)C(F)(F)F. The standard InChI is InChI=1S/C7F16O/c8-1(4(12,13)14,5(15,16)17)2(9,10)3(11,6(18,19)20)24-7(21,22)23. The first kappa shape index (κ1) is 22.8. The van der Waals surface area contributed by atoms with Crippen LogP contribution >= 0.6 is 0 Å². The van der Waals surface area contributed by atoms with Crippen LogP contribution in [0.15, 0.2) is 0 Å². The molecule has 0 heterocycles. The smallest absolute Gasteiger partial charge is 0.240 e. The van der Waals surface area contributed by atoms with Crippen molar-refractivity contribution in [2.75, 3.05) is 0 Å². The number of hydrogen-bond acceptors (Lipinski definition) is 1. The zero-order valence-electron chi connectivity index (χ0n) is 9.96. The molecule has 0 aromatic carbocycles. The summed E-state index contributed by atoms with van der Waals surface area (Å²) in [5, 5.41) is 0. The lowest BCUT2D eigenvalue weighted by molar-refractivity contribution is -0.522. The highest BCUT2D eigenvalue weighted by Crippen LogP contribution is 2.62. The Morgan fingerprint density at radius 2 is 0.708 bits per heavy atom. The molecule has 0 fully saturated rings. The summed E-state index contributed by atoms with van der Waals surface area (Å²) in [5.74, 6) is -16.5. The molecule has 0 N–H and O–H groups in total. The molecule has 0 aliphatic rings. The van der Waals surface area contributed by atoms with Gasteiger partial charge < -0.3 is 0 Å². The maximum absolute atomic E-state index is 13.1. The van der Waals surface area contributed by atoms with E-state index in [4.69, 9.17) is 0 Å². The number of hydrogen-bond donors (Lipinski definition) is 0. The van der Waals surface area contributed by atoms with Crippen LogP contribution in [0, 0.1) is 0 Å². The van der Waals surface area contributed by atoms with E-state index in [0.717, 1.165) is 4.74 Å². The Morgan fingerprint density at radius 1 is 0.417 bits per heavy atom. The molecule has 146 valence electrons. The van der Waals surface area contributed by atoms with E-state index in [1.54, 1.807) is 0 Å². The van der Waals surface area contributed by atoms with Crippen molar-refractivity contribution < 1.29 is 75.0 Å². The van der Waals surface area contributed by atoms with Crippen molar-refractivity contribution in [3.8, 4) is 0 Å². The van der Waals surface area contributed by atoms with Crippen LogP contribution in [0.25, 0.3) is 0 Å². The van der Waals surface area contributed by atoms with E-state index >= 15 is 0 Å². The summed E-state index contributed by atoms with van der Waals surface area (Å²) in [6, 6.07) is 0. The molecule has 24 heavy (non-hydrogen) atoms. The van der Waals surface area contributed by atoms with Gasteiger partial charge in [0.05, 0.1) is 0 Å². The van der Waals surface area contributed by atoms with Gasteiger partial charge in [-0.2, -0.15) is 52.7 Å². The Balaban J connectivity index is 6.77. The van der Waals surface area contributed by atoms with Gasteiger partial charge in [0.1, 0.15) is 0 Å². The van der Waals surface area contributed by atoms with Crippen molar-refractivity contribution in [1.29, 1.82) is 0 Å². The lowest BCUT2D eigenvalue weighted by Crippen LogP contribution is -2.75. The van der Waals surface area contributed by atoms with Gasteiger partial charge in [0.15, 0.2) is 0 Å². The molecule has 1 unspecified atom stereocenters. The van der Waals surface area contributed by atoms with Gasteiger partial charge in [-0.1, -0.05) is 0 Å². The highest BCUT2D eigenvalue weighted by Gasteiger charge is 2.94. The first-order valence-corrected chi connectivity index (χ1v) is 4.68. The Morgan fingerprint density at radius 3 is 0.875 bits per heavy atom. The molecule has 0 aromatic heterocycles. The summed E-state index contributed by atoms with van der Waals surface area (Å²) in [6.45, 7) is 0. The van der Waals surface area contributed by atoms with Gasteiger partial charge in [0.25, 0.3) is 0 Å². The first-order valence-electron chi connectivity index (χ1n) is 4.68. The van der Waals surface area contributed by atoms with Crippen LogP contribution in [0.2, 0.25) is 0 Å². The van der Waals surface area contributed by atoms with E-state index in [1.807, 2.05) is 0 Å². The predicted molar refractivity (Wildman–Crippen MR) is 37.9 cm³/mol. The molecule has 0 amide bonds. The summed E-state index contributed by atoms with van der Waals surface area (Å²) in [6.07, 6.45) is -31.0. The topological polar surface area (TPSA) is 9.23 Å². The lowest BCUT2D eigenvalue weighted by Gasteiger charge is -2.42. The zero-order valence-corrected chi connectivity index (χ0v) is 9.96. The summed E-state index contributed by atoms with van der Waals surface area (Å²) < 4.78 is 196. The maximum atomic E-state index is 13.1. The van der Waals surface area contributed by atoms with Gasteiger partial charge in [0.2, 0.25) is 0 Å². The third-order valence-corrected chi connectivity index (χ3v) is 2.24. The van der Waals surface area contributed by atoms with Crippen LogP contribution in [-0.2, 0) is 4.74 Å². The number of alkyl halides is 16. The predicted octanol–water partition coefficient (Wildman–Crippen LogP) is 5.22. The van der Waals surface area contributed by atoms with Gasteiger partial charge in [-0.3, -0.25) is 0 Å². The molecule has 0 aromatic rings. The fourth-order valence-corrected chi connectivity index (χ4v) is 1.20. The average molecular weight is 404 g/mol. The Kier molecular flexibility index (Phi) is 5.16. The summed E-state index contributed by atoms with van der Waals surface area (Å²) >= 11 is 0. The molecule has 0 aliphatic heterocycles. The van der Waals surface area contributed by atoms with E-state index in [9.17, 15) is 70.2 Å². The normalized spacial score (nSPS) is 18.5. The van der Waals surface area contributed by atoms with Crippen molar-refractivity contribution >= 4 is 0 Å². The quantitative estimate of drug-likeness (QED) is 0.587. The number of halogens is 16. The molecular weight excluding hydrogens is 404 g/mol. The molecule has 0 aliphatic carbocycles. The fraction of sp³-hybridized carbons (Fsp3) is 1.00. The molecule has 1 nitrogen and oxygen atoms in total. The monoisotopic (exact) mass is 404 g/mol. The second kappa shape index (κ2) is 5.42. The molecular formula is C7F16O. The minimum atomic E-state index is -8.48. The molecule has 0 radical (unpaired) electrons. The molecule has 0 spiro atoms. The second-order valence-electron chi connectivity index (χ2n) is 3.87. The van der Waals surface area contributed by atoms with Crippen molar-refractivity contribution in [2.45, 2.75) is 42.3 Å². The third kappa shape index (κ3) is 3.30. The van der Waals surface area contributed by atoms with Crippen LogP contribution in [0.3, 0.4) is 0 Å². The molecule has 17 heteroatoms. The summed E-state index contributed by atoms with van der Waals surface area (Å²) in [7, 11) is 0. The maximum Gasteiger partial charge on any atom is 0.525 e. The molecule has 1 atom stereocenters. The highest BCUT2D eigenvalue weighted by molar-refractivity contribution is 5.13. The minimum Gasteiger partial charge on any atom is -0.240 e. The summed E-state index contributed by atoms with van der Waals surface area (Å²) in [5.41, 5.74) is -8.37. The van der Waals surface area contributed by atoms with E-state index < -0.39 is 42.3 Å². The van der Waals surface area contributed by atoms with Gasteiger partial charge in [-0.15, -0.1) is 13.2 Å². The Hall–Kier alpha value is -1.16. The Labute approximate surface area is 119 Å². The average Bonchev–Trinajstić information content (AvgIpc) is 2.20. The van der Waals surface area contributed by atoms with E-state index in [-0.39, 0.29) is 0 Å². The molecule has 0 bridgehead atoms. The van der Waals surface area contributed by atoms with Crippen LogP contribution in [-0.4, -0.2) is 42.3 Å². The van der Waals surface area contributed by atoms with Gasteiger partial charge in [-0.05, 0) is 0 Å². The molecule has 0 saturated heterocycles. The zero-order chi connectivity index (χ0) is 20.2. The van der Waals surface area contributed by atoms with E-state index in [0.29, 0.717) is 0 Å². The second-order valence-corrected chi connectivity index (χ2v) is 3.87. The van der Waals surface area contributed by atoms with Gasteiger partial charge in [0, 0.05) is 0 Å². The lowest BCUT2D eigenvalue weighted by atomic mass is 9.89. The van der Waals surface area contributed by atoms with Crippen molar-refractivity contribution in [1.82, 2.24) is 0 Å². The van der Waals surface area contributed by atoms with Crippen molar-refractivity contribution in [2.24, 2.45) is 0 Å². The first-order chi connectivity index (χ1) is 9.96. The molecule has 0 saturated carbocycles. The van der Waals surface area contributed by atoms with Crippen LogP contribution in [0.5, 0.6) is 0 Å². The van der Waals surface area contributed by atoms with Gasteiger partial charge in [-0.25, -0.2) is 9.13 Å². The highest BCUT2D eigenvalue weighted by atomic mass is 19.4. The third-order valence-electron chi connectivity index (χ3n) is 2.24. The van der Waals surface area contributed by atoms with Crippen molar-refractivity contribution in [3.63, 3.8) is 0 Å². The van der Waals surface area contributed by atoms with E-state index in [1.165, 1.54) is 0 Å². The summed E-state index contributed by atoms with van der Waals surface area (Å²) in [4.78, 5) is 0. The van der Waals surface area contributed by atoms with Crippen molar-refractivity contribution in [3.05, 3.63) is 0 Å². The largest absolute Gasteiger partial charge is 0.525 e.